The summed E-state index contributed by atoms with van der Waals surface area (Å²) in [4.78, 5) is 10.7. The van der Waals surface area contributed by atoms with Crippen molar-refractivity contribution in [2.24, 2.45) is 5.14 Å². The number of rotatable bonds is 4. The molecule has 0 atom stereocenters. The SMILES string of the molecule is Cc1c(NC(=O)C(F)(F)C(F)F)cccc1S(N)(=O)=O. The Balaban J connectivity index is 3.16. The van der Waals surface area contributed by atoms with Crippen molar-refractivity contribution < 1.29 is 30.8 Å². The van der Waals surface area contributed by atoms with E-state index < -0.39 is 33.2 Å². The van der Waals surface area contributed by atoms with Crippen LogP contribution in [0.4, 0.5) is 23.2 Å². The third-order valence-corrected chi connectivity index (χ3v) is 3.47. The second kappa shape index (κ2) is 5.37. The lowest BCUT2D eigenvalue weighted by atomic mass is 10.2. The molecule has 0 aliphatic carbocycles. The van der Waals surface area contributed by atoms with E-state index in [0.29, 0.717) is 0 Å². The van der Waals surface area contributed by atoms with Gasteiger partial charge in [-0.2, -0.15) is 8.78 Å². The van der Waals surface area contributed by atoms with Crippen molar-refractivity contribution in [1.82, 2.24) is 0 Å². The molecule has 1 aromatic carbocycles. The van der Waals surface area contributed by atoms with Gasteiger partial charge in [-0.3, -0.25) is 4.79 Å². The highest BCUT2D eigenvalue weighted by Gasteiger charge is 2.49. The number of hydrogen-bond acceptors (Lipinski definition) is 3. The van der Waals surface area contributed by atoms with Gasteiger partial charge < -0.3 is 5.32 Å². The standard InChI is InChI=1S/C10H10F4N2O3S/c1-5-6(3-2-4-7(5)20(15,18)19)16-9(17)10(13,14)8(11)12/h2-4,8H,1H3,(H,16,17)(H2,15,18,19). The molecular weight excluding hydrogens is 304 g/mol. The van der Waals surface area contributed by atoms with E-state index in [1.807, 2.05) is 0 Å². The lowest BCUT2D eigenvalue weighted by Crippen LogP contribution is -2.41. The van der Waals surface area contributed by atoms with Gasteiger partial charge in [0.2, 0.25) is 10.0 Å². The van der Waals surface area contributed by atoms with Crippen LogP contribution in [0.25, 0.3) is 0 Å². The zero-order valence-electron chi connectivity index (χ0n) is 10.0. The van der Waals surface area contributed by atoms with Crippen LogP contribution in [0.3, 0.4) is 0 Å². The molecule has 0 saturated carbocycles. The minimum Gasteiger partial charge on any atom is -0.320 e. The molecule has 0 fully saturated rings. The number of primary sulfonamides is 1. The van der Waals surface area contributed by atoms with E-state index in [0.717, 1.165) is 18.2 Å². The molecular formula is C10H10F4N2O3S. The van der Waals surface area contributed by atoms with Crippen molar-refractivity contribution in [2.45, 2.75) is 24.2 Å². The lowest BCUT2D eigenvalue weighted by molar-refractivity contribution is -0.163. The number of sulfonamides is 1. The van der Waals surface area contributed by atoms with Crippen molar-refractivity contribution in [3.8, 4) is 0 Å². The van der Waals surface area contributed by atoms with Gasteiger partial charge in [0.15, 0.2) is 0 Å². The molecule has 0 saturated heterocycles. The first-order valence-corrected chi connectivity index (χ1v) is 6.62. The summed E-state index contributed by atoms with van der Waals surface area (Å²) in [6.07, 6.45) is -4.18. The Morgan fingerprint density at radius 1 is 1.35 bits per heavy atom. The van der Waals surface area contributed by atoms with Gasteiger partial charge in [-0.15, -0.1) is 0 Å². The molecule has 10 heteroatoms. The van der Waals surface area contributed by atoms with Crippen LogP contribution < -0.4 is 10.5 Å². The van der Waals surface area contributed by atoms with Crippen molar-refractivity contribution in [3.63, 3.8) is 0 Å². The molecule has 5 nitrogen and oxygen atoms in total. The van der Waals surface area contributed by atoms with E-state index >= 15 is 0 Å². The van der Waals surface area contributed by atoms with Crippen LogP contribution in [0.2, 0.25) is 0 Å². The van der Waals surface area contributed by atoms with Crippen LogP contribution in [0, 0.1) is 6.92 Å². The zero-order valence-corrected chi connectivity index (χ0v) is 10.8. The molecule has 0 radical (unpaired) electrons. The second-order valence-corrected chi connectivity index (χ2v) is 5.38. The van der Waals surface area contributed by atoms with E-state index in [4.69, 9.17) is 5.14 Å². The fourth-order valence-electron chi connectivity index (χ4n) is 1.36. The molecule has 1 amide bonds. The molecule has 20 heavy (non-hydrogen) atoms. The predicted molar refractivity (Wildman–Crippen MR) is 62.1 cm³/mol. The van der Waals surface area contributed by atoms with Crippen LogP contribution in [0.1, 0.15) is 5.56 Å². The maximum atomic E-state index is 12.8. The molecule has 0 heterocycles. The Morgan fingerprint density at radius 3 is 2.35 bits per heavy atom. The molecule has 1 rings (SSSR count). The first-order valence-electron chi connectivity index (χ1n) is 5.07. The molecule has 0 unspecified atom stereocenters. The minimum atomic E-state index is -4.88. The fraction of sp³-hybridized carbons (Fsp3) is 0.300. The van der Waals surface area contributed by atoms with Crippen molar-refractivity contribution in [2.75, 3.05) is 5.32 Å². The summed E-state index contributed by atoms with van der Waals surface area (Å²) in [5, 5.41) is 6.44. The van der Waals surface area contributed by atoms with Gasteiger partial charge in [0.1, 0.15) is 0 Å². The maximum absolute atomic E-state index is 12.8. The smallest absolute Gasteiger partial charge is 0.320 e. The van der Waals surface area contributed by atoms with Gasteiger partial charge in [-0.1, -0.05) is 6.07 Å². The lowest BCUT2D eigenvalue weighted by Gasteiger charge is -2.16. The molecule has 1 aromatic rings. The molecule has 3 N–H and O–H groups in total. The monoisotopic (exact) mass is 314 g/mol. The Kier molecular flexibility index (Phi) is 4.39. The van der Waals surface area contributed by atoms with Crippen LogP contribution in [-0.2, 0) is 14.8 Å². The number of carbonyl (C=O) groups is 1. The van der Waals surface area contributed by atoms with Gasteiger partial charge in [0.05, 0.1) is 4.90 Å². The number of anilines is 1. The van der Waals surface area contributed by atoms with Crippen LogP contribution in [0.5, 0.6) is 0 Å². The number of hydrogen-bond donors (Lipinski definition) is 2. The highest BCUT2D eigenvalue weighted by molar-refractivity contribution is 7.89. The average Bonchev–Trinajstić information content (AvgIpc) is 2.29. The largest absolute Gasteiger partial charge is 0.383 e. The zero-order chi connectivity index (χ0) is 15.7. The molecule has 0 spiro atoms. The van der Waals surface area contributed by atoms with Gasteiger partial charge in [-0.05, 0) is 24.6 Å². The van der Waals surface area contributed by atoms with Gasteiger partial charge in [0.25, 0.3) is 0 Å². The second-order valence-electron chi connectivity index (χ2n) is 3.85. The predicted octanol–water partition coefficient (Wildman–Crippen LogP) is 1.48. The molecule has 0 bridgehead atoms. The van der Waals surface area contributed by atoms with Crippen molar-refractivity contribution in [3.05, 3.63) is 23.8 Å². The van der Waals surface area contributed by atoms with Gasteiger partial charge >= 0.3 is 18.3 Å². The Bertz CT molecular complexity index is 631. The minimum absolute atomic E-state index is 0.131. The first-order chi connectivity index (χ1) is 8.98. The van der Waals surface area contributed by atoms with Crippen molar-refractivity contribution >= 4 is 21.6 Å². The van der Waals surface area contributed by atoms with Crippen LogP contribution in [0.15, 0.2) is 23.1 Å². The van der Waals surface area contributed by atoms with Crippen LogP contribution >= 0.6 is 0 Å². The summed E-state index contributed by atoms with van der Waals surface area (Å²) in [6.45, 7) is 1.19. The first kappa shape index (κ1) is 16.4. The number of nitrogens with one attached hydrogen (secondary N) is 1. The number of amides is 1. The van der Waals surface area contributed by atoms with E-state index in [9.17, 15) is 30.8 Å². The third kappa shape index (κ3) is 3.25. The number of carbonyl (C=O) groups excluding carboxylic acids is 1. The Labute approximate surface area is 111 Å². The molecule has 0 aromatic heterocycles. The average molecular weight is 314 g/mol. The highest BCUT2D eigenvalue weighted by atomic mass is 32.2. The summed E-state index contributed by atoms with van der Waals surface area (Å²) in [6, 6.07) is 3.30. The number of benzene rings is 1. The van der Waals surface area contributed by atoms with Crippen LogP contribution in [-0.4, -0.2) is 26.7 Å². The van der Waals surface area contributed by atoms with E-state index in [-0.39, 0.29) is 11.3 Å². The molecule has 0 aliphatic heterocycles. The molecule has 112 valence electrons. The molecule has 0 aliphatic rings. The number of alkyl halides is 4. The summed E-state index contributed by atoms with van der Waals surface area (Å²) >= 11 is 0. The van der Waals surface area contributed by atoms with Crippen molar-refractivity contribution in [1.29, 1.82) is 0 Å². The van der Waals surface area contributed by atoms with E-state index in [1.54, 1.807) is 5.32 Å². The number of halogens is 4. The topological polar surface area (TPSA) is 89.3 Å². The summed E-state index contributed by atoms with van der Waals surface area (Å²) in [7, 11) is -4.13. The fourth-order valence-corrected chi connectivity index (χ4v) is 2.17. The summed E-state index contributed by atoms with van der Waals surface area (Å²) < 4.78 is 72.0. The third-order valence-electron chi connectivity index (χ3n) is 2.42. The Hall–Kier alpha value is -1.68. The number of nitrogens with two attached hydrogens (primary N) is 1. The maximum Gasteiger partial charge on any atom is 0.383 e. The van der Waals surface area contributed by atoms with E-state index in [2.05, 4.69) is 0 Å². The van der Waals surface area contributed by atoms with Gasteiger partial charge in [-0.25, -0.2) is 22.3 Å². The Morgan fingerprint density at radius 2 is 1.90 bits per heavy atom. The normalized spacial score (nSPS) is 12.6. The quantitative estimate of drug-likeness (QED) is 0.825. The summed E-state index contributed by atoms with van der Waals surface area (Å²) in [5.74, 6) is -7.12. The highest BCUT2D eigenvalue weighted by Crippen LogP contribution is 2.27. The van der Waals surface area contributed by atoms with Gasteiger partial charge in [0, 0.05) is 5.69 Å². The summed E-state index contributed by atoms with van der Waals surface area (Å²) in [5.41, 5.74) is -0.477. The van der Waals surface area contributed by atoms with E-state index in [1.165, 1.54) is 6.92 Å².